The topological polar surface area (TPSA) is 69.6 Å². The Morgan fingerprint density at radius 3 is 2.65 bits per heavy atom. The van der Waals surface area contributed by atoms with Gasteiger partial charge in [0.25, 0.3) is 5.92 Å². The average Bonchev–Trinajstić information content (AvgIpc) is 2.26. The van der Waals surface area contributed by atoms with Crippen LogP contribution in [0.3, 0.4) is 0 Å². The third kappa shape index (κ3) is 3.83. The highest BCUT2D eigenvalue weighted by molar-refractivity contribution is 6.31. The smallest absolute Gasteiger partial charge is 0.337 e. The molecule has 0 aliphatic carbocycles. The highest BCUT2D eigenvalue weighted by atomic mass is 35.5. The molecular formula is C10H10ClF2NO3. The van der Waals surface area contributed by atoms with Gasteiger partial charge in [-0.25, -0.2) is 13.6 Å². The molecule has 0 saturated heterocycles. The number of nitrogens with one attached hydrogen (secondary N) is 1. The first-order valence-corrected chi connectivity index (χ1v) is 4.99. The molecule has 94 valence electrons. The van der Waals surface area contributed by atoms with Crippen LogP contribution in [0.2, 0.25) is 5.02 Å². The number of anilines is 1. The molecule has 1 aromatic carbocycles. The van der Waals surface area contributed by atoms with Crippen molar-refractivity contribution in [3.8, 4) is 0 Å². The van der Waals surface area contributed by atoms with Gasteiger partial charge in [-0.2, -0.15) is 0 Å². The van der Waals surface area contributed by atoms with Gasteiger partial charge in [-0.3, -0.25) is 0 Å². The van der Waals surface area contributed by atoms with Crippen molar-refractivity contribution < 1.29 is 23.8 Å². The lowest BCUT2D eigenvalue weighted by Gasteiger charge is -2.16. The highest BCUT2D eigenvalue weighted by Crippen LogP contribution is 2.22. The molecule has 0 aromatic heterocycles. The maximum Gasteiger partial charge on any atom is 0.337 e. The van der Waals surface area contributed by atoms with E-state index in [1.165, 1.54) is 18.2 Å². The molecule has 0 spiro atoms. The van der Waals surface area contributed by atoms with Gasteiger partial charge in [0, 0.05) is 5.02 Å². The monoisotopic (exact) mass is 265 g/mol. The predicted octanol–water partition coefficient (Wildman–Crippen LogP) is 2.08. The van der Waals surface area contributed by atoms with Crippen molar-refractivity contribution in [1.82, 2.24) is 0 Å². The van der Waals surface area contributed by atoms with Gasteiger partial charge in [0.15, 0.2) is 0 Å². The van der Waals surface area contributed by atoms with Crippen LogP contribution in [0, 0.1) is 0 Å². The summed E-state index contributed by atoms with van der Waals surface area (Å²) < 4.78 is 25.6. The van der Waals surface area contributed by atoms with Crippen LogP contribution in [-0.4, -0.2) is 35.3 Å². The maximum absolute atomic E-state index is 12.8. The highest BCUT2D eigenvalue weighted by Gasteiger charge is 2.27. The normalized spacial score (nSPS) is 11.3. The number of aliphatic hydroxyl groups excluding tert-OH is 1. The SMILES string of the molecule is O=C(O)c1ccc(Cl)cc1NCC(F)(F)CO. The number of benzene rings is 1. The summed E-state index contributed by atoms with van der Waals surface area (Å²) in [5.41, 5.74) is -0.179. The molecule has 0 fully saturated rings. The van der Waals surface area contributed by atoms with Gasteiger partial charge < -0.3 is 15.5 Å². The van der Waals surface area contributed by atoms with E-state index in [2.05, 4.69) is 5.32 Å². The van der Waals surface area contributed by atoms with Crippen molar-refractivity contribution in [2.24, 2.45) is 0 Å². The average molecular weight is 266 g/mol. The first-order chi connectivity index (χ1) is 7.85. The molecule has 0 saturated carbocycles. The molecule has 0 aliphatic rings. The third-order valence-corrected chi connectivity index (χ3v) is 2.22. The van der Waals surface area contributed by atoms with Crippen LogP contribution in [0.25, 0.3) is 0 Å². The molecule has 1 aromatic rings. The summed E-state index contributed by atoms with van der Waals surface area (Å²) in [4.78, 5) is 10.8. The molecule has 1 rings (SSSR count). The number of alkyl halides is 2. The van der Waals surface area contributed by atoms with Crippen LogP contribution in [0.5, 0.6) is 0 Å². The Balaban J connectivity index is 2.89. The largest absolute Gasteiger partial charge is 0.478 e. The molecule has 3 N–H and O–H groups in total. The molecule has 0 radical (unpaired) electrons. The Morgan fingerprint density at radius 1 is 1.47 bits per heavy atom. The standard InChI is InChI=1S/C10H10ClF2NO3/c11-6-1-2-7(9(16)17)8(3-6)14-4-10(12,13)5-15/h1-3,14-15H,4-5H2,(H,16,17). The summed E-state index contributed by atoms with van der Waals surface area (Å²) in [5, 5.41) is 19.7. The fourth-order valence-electron chi connectivity index (χ4n) is 1.13. The van der Waals surface area contributed by atoms with E-state index in [0.29, 0.717) is 0 Å². The lowest BCUT2D eigenvalue weighted by atomic mass is 10.1. The Morgan fingerprint density at radius 2 is 2.12 bits per heavy atom. The first kappa shape index (κ1) is 13.7. The molecule has 0 atom stereocenters. The number of aromatic carboxylic acids is 1. The third-order valence-electron chi connectivity index (χ3n) is 1.98. The van der Waals surface area contributed by atoms with Gasteiger partial charge in [-0.05, 0) is 18.2 Å². The summed E-state index contributed by atoms with van der Waals surface area (Å²) in [6.07, 6.45) is 0. The van der Waals surface area contributed by atoms with E-state index < -0.39 is 25.0 Å². The summed E-state index contributed by atoms with van der Waals surface area (Å²) in [7, 11) is 0. The maximum atomic E-state index is 12.8. The minimum absolute atomic E-state index is 0.0156. The zero-order chi connectivity index (χ0) is 13.1. The quantitative estimate of drug-likeness (QED) is 0.762. The van der Waals surface area contributed by atoms with E-state index in [4.69, 9.17) is 21.8 Å². The Bertz CT molecular complexity index is 426. The lowest BCUT2D eigenvalue weighted by Crippen LogP contribution is -2.31. The van der Waals surface area contributed by atoms with Crippen molar-refractivity contribution in [2.45, 2.75) is 5.92 Å². The second-order valence-electron chi connectivity index (χ2n) is 3.36. The predicted molar refractivity (Wildman–Crippen MR) is 58.9 cm³/mol. The van der Waals surface area contributed by atoms with Crippen LogP contribution in [0.4, 0.5) is 14.5 Å². The Labute approximate surface area is 101 Å². The molecule has 0 amide bonds. The number of aliphatic hydroxyl groups is 1. The summed E-state index contributed by atoms with van der Waals surface area (Å²) >= 11 is 5.64. The number of hydrogen-bond acceptors (Lipinski definition) is 3. The van der Waals surface area contributed by atoms with E-state index >= 15 is 0 Å². The number of halogens is 3. The van der Waals surface area contributed by atoms with Crippen LogP contribution in [0.1, 0.15) is 10.4 Å². The Kier molecular flexibility index (Phi) is 4.25. The van der Waals surface area contributed by atoms with Crippen LogP contribution >= 0.6 is 11.6 Å². The van der Waals surface area contributed by atoms with Gasteiger partial charge in [0.2, 0.25) is 0 Å². The van der Waals surface area contributed by atoms with E-state index in [1.807, 2.05) is 0 Å². The molecule has 4 nitrogen and oxygen atoms in total. The van der Waals surface area contributed by atoms with Gasteiger partial charge in [-0.15, -0.1) is 0 Å². The van der Waals surface area contributed by atoms with Crippen molar-refractivity contribution >= 4 is 23.3 Å². The van der Waals surface area contributed by atoms with Crippen molar-refractivity contribution in [1.29, 1.82) is 0 Å². The Hall–Kier alpha value is -1.40. The summed E-state index contributed by atoms with van der Waals surface area (Å²) in [6, 6.07) is 3.79. The van der Waals surface area contributed by atoms with Crippen molar-refractivity contribution in [2.75, 3.05) is 18.5 Å². The van der Waals surface area contributed by atoms with E-state index in [0.717, 1.165) is 0 Å². The van der Waals surface area contributed by atoms with Gasteiger partial charge in [0.05, 0.1) is 17.8 Å². The molecular weight excluding hydrogens is 256 g/mol. The number of carboxylic acids is 1. The minimum atomic E-state index is -3.32. The second-order valence-corrected chi connectivity index (χ2v) is 3.80. The fourth-order valence-corrected chi connectivity index (χ4v) is 1.30. The summed E-state index contributed by atoms with van der Waals surface area (Å²) in [5.74, 6) is -4.57. The van der Waals surface area contributed by atoms with Gasteiger partial charge in [0.1, 0.15) is 6.61 Å². The van der Waals surface area contributed by atoms with Gasteiger partial charge in [-0.1, -0.05) is 11.6 Å². The van der Waals surface area contributed by atoms with Crippen LogP contribution in [0.15, 0.2) is 18.2 Å². The van der Waals surface area contributed by atoms with Crippen LogP contribution in [-0.2, 0) is 0 Å². The molecule has 0 bridgehead atoms. The first-order valence-electron chi connectivity index (χ1n) is 4.61. The molecule has 17 heavy (non-hydrogen) atoms. The number of hydrogen-bond donors (Lipinski definition) is 3. The summed E-state index contributed by atoms with van der Waals surface area (Å²) in [6.45, 7) is -2.19. The minimum Gasteiger partial charge on any atom is -0.478 e. The van der Waals surface area contributed by atoms with E-state index in [-0.39, 0.29) is 16.3 Å². The van der Waals surface area contributed by atoms with Gasteiger partial charge >= 0.3 is 5.97 Å². The van der Waals surface area contributed by atoms with Crippen molar-refractivity contribution in [3.05, 3.63) is 28.8 Å². The number of carbonyl (C=O) groups is 1. The fraction of sp³-hybridized carbons (Fsp3) is 0.300. The zero-order valence-electron chi connectivity index (χ0n) is 8.58. The number of rotatable bonds is 5. The zero-order valence-corrected chi connectivity index (χ0v) is 9.34. The van der Waals surface area contributed by atoms with E-state index in [9.17, 15) is 13.6 Å². The van der Waals surface area contributed by atoms with Crippen molar-refractivity contribution in [3.63, 3.8) is 0 Å². The molecule has 0 unspecified atom stereocenters. The van der Waals surface area contributed by atoms with Crippen LogP contribution < -0.4 is 5.32 Å². The lowest BCUT2D eigenvalue weighted by molar-refractivity contribution is -0.0373. The molecule has 7 heteroatoms. The second kappa shape index (κ2) is 5.29. The molecule has 0 heterocycles. The molecule has 0 aliphatic heterocycles. The van der Waals surface area contributed by atoms with E-state index in [1.54, 1.807) is 0 Å². The number of carboxylic acid groups (broad SMARTS) is 1.